The molecular weight excluding hydrogens is 655 g/mol. The smallest absolute Gasteiger partial charge is 0.232 e. The standard InChI is InChI=1S/C48H55NO4/c1-45-25-11-27-47(3,41(45)23-19-35-17-21-37(29-39(35)45)52-31-33-13-7-5-8-14-33)43(50)49-44(51)48(4)28-12-26-46(2)40-30-38(22-18-36(40)20-24-42(46)48)53-32-34-15-9-6-10-16-34/h5-10,13-18,21-22,29-30,41-42H,11-12,19-20,23-28,31-32H2,1-4H3,(H,49,50,51)/t41-,42-,45-,46-,47+,48+/m1/s1. The highest BCUT2D eigenvalue weighted by Crippen LogP contribution is 2.60. The van der Waals surface area contributed by atoms with Gasteiger partial charge in [0.15, 0.2) is 0 Å². The average molecular weight is 710 g/mol. The molecule has 8 rings (SSSR count). The lowest BCUT2D eigenvalue weighted by molar-refractivity contribution is -0.150. The largest absolute Gasteiger partial charge is 0.489 e. The van der Waals surface area contributed by atoms with Crippen LogP contribution in [0.3, 0.4) is 0 Å². The van der Waals surface area contributed by atoms with Crippen LogP contribution < -0.4 is 14.8 Å². The summed E-state index contributed by atoms with van der Waals surface area (Å²) in [4.78, 5) is 29.3. The third-order valence-corrected chi connectivity index (χ3v) is 14.4. The van der Waals surface area contributed by atoms with Crippen LogP contribution in [0.15, 0.2) is 97.1 Å². The Morgan fingerprint density at radius 2 is 1.00 bits per heavy atom. The van der Waals surface area contributed by atoms with E-state index in [-0.39, 0.29) is 34.5 Å². The number of fused-ring (bicyclic) bond motifs is 6. The maximum Gasteiger partial charge on any atom is 0.232 e. The van der Waals surface area contributed by atoms with Gasteiger partial charge in [0.2, 0.25) is 11.8 Å². The molecule has 0 aromatic heterocycles. The van der Waals surface area contributed by atoms with Gasteiger partial charge >= 0.3 is 0 Å². The van der Waals surface area contributed by atoms with Crippen molar-refractivity contribution >= 4 is 11.8 Å². The van der Waals surface area contributed by atoms with E-state index < -0.39 is 10.8 Å². The molecule has 53 heavy (non-hydrogen) atoms. The van der Waals surface area contributed by atoms with E-state index in [1.807, 2.05) is 36.4 Å². The first kappa shape index (κ1) is 35.6. The number of benzene rings is 4. The molecule has 0 saturated heterocycles. The number of carbonyl (C=O) groups is 2. The van der Waals surface area contributed by atoms with Gasteiger partial charge in [0.05, 0.1) is 10.8 Å². The molecule has 276 valence electrons. The maximum absolute atomic E-state index is 14.6. The number of rotatable bonds is 8. The number of aryl methyl sites for hydroxylation is 2. The molecule has 0 aliphatic heterocycles. The normalized spacial score (nSPS) is 30.1. The molecule has 0 spiro atoms. The Morgan fingerprint density at radius 3 is 1.42 bits per heavy atom. The Balaban J connectivity index is 1.00. The van der Waals surface area contributed by atoms with E-state index in [1.165, 1.54) is 22.3 Å². The Labute approximate surface area is 315 Å². The monoisotopic (exact) mass is 709 g/mol. The van der Waals surface area contributed by atoms with Crippen molar-refractivity contribution in [2.45, 2.75) is 116 Å². The van der Waals surface area contributed by atoms with Gasteiger partial charge in [-0.3, -0.25) is 14.9 Å². The van der Waals surface area contributed by atoms with Crippen LogP contribution in [0.2, 0.25) is 0 Å². The van der Waals surface area contributed by atoms with Crippen molar-refractivity contribution in [2.75, 3.05) is 0 Å². The molecule has 0 bridgehead atoms. The predicted molar refractivity (Wildman–Crippen MR) is 210 cm³/mol. The quantitative estimate of drug-likeness (QED) is 0.185. The van der Waals surface area contributed by atoms with Crippen molar-refractivity contribution in [1.29, 1.82) is 0 Å². The van der Waals surface area contributed by atoms with Gasteiger partial charge in [-0.05, 0) is 132 Å². The van der Waals surface area contributed by atoms with E-state index in [9.17, 15) is 9.59 Å². The predicted octanol–water partition coefficient (Wildman–Crippen LogP) is 10.2. The van der Waals surface area contributed by atoms with Crippen molar-refractivity contribution in [2.24, 2.45) is 22.7 Å². The molecule has 5 heteroatoms. The maximum atomic E-state index is 14.6. The van der Waals surface area contributed by atoms with Gasteiger partial charge in [-0.25, -0.2) is 0 Å². The molecule has 4 aromatic carbocycles. The zero-order chi connectivity index (χ0) is 36.8. The SMILES string of the molecule is C[C@]1(C(=O)NC(=O)[C@@]2(C)CCC[C@]3(C)c4cc(OCc5ccccc5)ccc4CC[C@@H]23)CCC[C@]2(C)c3cc(OCc4ccccc4)ccc3CC[C@@H]12. The Hall–Kier alpha value is -4.38. The summed E-state index contributed by atoms with van der Waals surface area (Å²) in [5.41, 5.74) is 6.00. The summed E-state index contributed by atoms with van der Waals surface area (Å²) in [6.07, 6.45) is 9.28. The fourth-order valence-corrected chi connectivity index (χ4v) is 11.5. The fourth-order valence-electron chi connectivity index (χ4n) is 11.5. The zero-order valence-electron chi connectivity index (χ0n) is 32.0. The van der Waals surface area contributed by atoms with Crippen LogP contribution >= 0.6 is 0 Å². The molecule has 0 radical (unpaired) electrons. The molecule has 2 fully saturated rings. The van der Waals surface area contributed by atoms with Crippen molar-refractivity contribution in [3.8, 4) is 11.5 Å². The summed E-state index contributed by atoms with van der Waals surface area (Å²) in [6.45, 7) is 10.0. The second kappa shape index (κ2) is 13.8. The molecule has 6 atom stereocenters. The third kappa shape index (κ3) is 6.28. The van der Waals surface area contributed by atoms with Gasteiger partial charge < -0.3 is 9.47 Å². The number of nitrogens with one attached hydrogen (secondary N) is 1. The third-order valence-electron chi connectivity index (χ3n) is 14.4. The van der Waals surface area contributed by atoms with Crippen LogP contribution in [0.25, 0.3) is 0 Å². The van der Waals surface area contributed by atoms with Crippen molar-refractivity contribution < 1.29 is 19.1 Å². The van der Waals surface area contributed by atoms with Crippen molar-refractivity contribution in [1.82, 2.24) is 5.32 Å². The first-order chi connectivity index (χ1) is 25.5. The molecule has 4 aliphatic carbocycles. The topological polar surface area (TPSA) is 64.6 Å². The minimum absolute atomic E-state index is 0.0836. The lowest BCUT2D eigenvalue weighted by Gasteiger charge is -2.56. The Bertz CT molecular complexity index is 1850. The van der Waals surface area contributed by atoms with E-state index in [2.05, 4.69) is 93.7 Å². The second-order valence-electron chi connectivity index (χ2n) is 17.5. The zero-order valence-corrected chi connectivity index (χ0v) is 32.0. The van der Waals surface area contributed by atoms with Gasteiger partial charge in [-0.15, -0.1) is 0 Å². The number of ether oxygens (including phenoxy) is 2. The van der Waals surface area contributed by atoms with Crippen molar-refractivity contribution in [3.05, 3.63) is 130 Å². The van der Waals surface area contributed by atoms with Crippen LogP contribution in [-0.2, 0) is 46.5 Å². The van der Waals surface area contributed by atoms with E-state index in [0.717, 1.165) is 86.8 Å². The molecule has 4 aliphatic rings. The Morgan fingerprint density at radius 1 is 0.585 bits per heavy atom. The number of hydrogen-bond donors (Lipinski definition) is 1. The summed E-state index contributed by atoms with van der Waals surface area (Å²) in [6, 6.07) is 33.7. The lowest BCUT2D eigenvalue weighted by atomic mass is 9.49. The van der Waals surface area contributed by atoms with Crippen LogP contribution in [0.1, 0.15) is 112 Å². The van der Waals surface area contributed by atoms with Gasteiger partial charge in [-0.1, -0.05) is 113 Å². The molecule has 0 unspecified atom stereocenters. The van der Waals surface area contributed by atoms with Gasteiger partial charge in [-0.2, -0.15) is 0 Å². The summed E-state index contributed by atoms with van der Waals surface area (Å²) < 4.78 is 12.6. The summed E-state index contributed by atoms with van der Waals surface area (Å²) in [5.74, 6) is 1.85. The Kier molecular flexibility index (Phi) is 9.28. The summed E-state index contributed by atoms with van der Waals surface area (Å²) >= 11 is 0. The summed E-state index contributed by atoms with van der Waals surface area (Å²) in [5, 5.41) is 3.12. The van der Waals surface area contributed by atoms with Crippen molar-refractivity contribution in [3.63, 3.8) is 0 Å². The van der Waals surface area contributed by atoms with Gasteiger partial charge in [0.25, 0.3) is 0 Å². The highest BCUT2D eigenvalue weighted by molar-refractivity contribution is 6.00. The van der Waals surface area contributed by atoms with Crippen LogP contribution in [0.5, 0.6) is 11.5 Å². The number of imide groups is 1. The van der Waals surface area contributed by atoms with E-state index in [1.54, 1.807) is 0 Å². The van der Waals surface area contributed by atoms with E-state index >= 15 is 0 Å². The van der Waals surface area contributed by atoms with Crippen LogP contribution in [-0.4, -0.2) is 11.8 Å². The molecular formula is C48H55NO4. The van der Waals surface area contributed by atoms with Crippen LogP contribution in [0.4, 0.5) is 0 Å². The van der Waals surface area contributed by atoms with Gasteiger partial charge in [0, 0.05) is 0 Å². The molecule has 1 N–H and O–H groups in total. The molecule has 2 amide bonds. The average Bonchev–Trinajstić information content (AvgIpc) is 3.17. The highest BCUT2D eigenvalue weighted by Gasteiger charge is 2.58. The number of carbonyl (C=O) groups excluding carboxylic acids is 2. The molecule has 4 aromatic rings. The van der Waals surface area contributed by atoms with Crippen LogP contribution in [0, 0.1) is 22.7 Å². The minimum atomic E-state index is -0.639. The first-order valence-corrected chi connectivity index (χ1v) is 20.0. The highest BCUT2D eigenvalue weighted by atomic mass is 16.5. The number of hydrogen-bond acceptors (Lipinski definition) is 4. The lowest BCUT2D eigenvalue weighted by Crippen LogP contribution is -2.60. The second-order valence-corrected chi connectivity index (χ2v) is 17.5. The molecule has 2 saturated carbocycles. The van der Waals surface area contributed by atoms with E-state index in [4.69, 9.17) is 9.47 Å². The minimum Gasteiger partial charge on any atom is -0.489 e. The molecule has 0 heterocycles. The molecule has 5 nitrogen and oxygen atoms in total. The van der Waals surface area contributed by atoms with E-state index in [0.29, 0.717) is 13.2 Å². The fraction of sp³-hybridized carbons (Fsp3) is 0.458. The van der Waals surface area contributed by atoms with Gasteiger partial charge in [0.1, 0.15) is 24.7 Å². The summed E-state index contributed by atoms with van der Waals surface area (Å²) in [7, 11) is 0. The number of amides is 2. The first-order valence-electron chi connectivity index (χ1n) is 20.0.